The quantitative estimate of drug-likeness (QED) is 0.462. The Hall–Kier alpha value is -4.92. The number of nitriles is 1. The Balaban J connectivity index is 1.46. The Labute approximate surface area is 232 Å². The van der Waals surface area contributed by atoms with Gasteiger partial charge in [0, 0.05) is 49.5 Å². The maximum absolute atomic E-state index is 13.9. The third kappa shape index (κ3) is 4.16. The van der Waals surface area contributed by atoms with Gasteiger partial charge in [-0.25, -0.2) is 4.79 Å². The standard InChI is InChI=1S/C29H23F3N6O3/c1-35-26(20-7-6-16(12-33)10-21(20)27(40)37-14-17-13-34-36(2)23(17)15-37)25-22(8-9-24(25)39)38(28(35)41)19-5-3-4-18(11-19)29(30,31)32/h3-7,10-11,13,26H,8-9,14-15H2,1-2H3. The molecule has 9 nitrogen and oxygen atoms in total. The zero-order valence-electron chi connectivity index (χ0n) is 22.1. The summed E-state index contributed by atoms with van der Waals surface area (Å²) >= 11 is 0. The number of ketones is 1. The summed E-state index contributed by atoms with van der Waals surface area (Å²) in [6, 6.07) is 9.40. The second-order valence-corrected chi connectivity index (χ2v) is 10.3. The number of aromatic nitrogens is 2. The number of rotatable bonds is 3. The number of hydrogen-bond acceptors (Lipinski definition) is 5. The van der Waals surface area contributed by atoms with E-state index < -0.39 is 23.8 Å². The molecule has 2 aromatic carbocycles. The molecular formula is C29H23F3N6O3. The van der Waals surface area contributed by atoms with Crippen molar-refractivity contribution in [3.8, 4) is 6.07 Å². The maximum atomic E-state index is 13.9. The second kappa shape index (κ2) is 9.33. The number of anilines is 1. The molecule has 0 saturated heterocycles. The molecule has 1 atom stereocenters. The lowest BCUT2D eigenvalue weighted by Gasteiger charge is -2.41. The molecule has 1 unspecified atom stereocenters. The Morgan fingerprint density at radius 3 is 2.56 bits per heavy atom. The molecule has 3 aromatic rings. The zero-order valence-corrected chi connectivity index (χ0v) is 22.1. The topological polar surface area (TPSA) is 103 Å². The normalized spacial score (nSPS) is 18.6. The fourth-order valence-corrected chi connectivity index (χ4v) is 5.88. The van der Waals surface area contributed by atoms with Gasteiger partial charge >= 0.3 is 12.2 Å². The minimum atomic E-state index is -4.62. The molecule has 2 aliphatic heterocycles. The van der Waals surface area contributed by atoms with Crippen LogP contribution in [0.1, 0.15) is 57.2 Å². The summed E-state index contributed by atoms with van der Waals surface area (Å²) in [5, 5.41) is 13.8. The number of carbonyl (C=O) groups excluding carboxylic acids is 3. The predicted octanol–water partition coefficient (Wildman–Crippen LogP) is 4.70. The fourth-order valence-electron chi connectivity index (χ4n) is 5.88. The molecule has 0 radical (unpaired) electrons. The van der Waals surface area contributed by atoms with Crippen LogP contribution in [-0.2, 0) is 31.1 Å². The first-order valence-corrected chi connectivity index (χ1v) is 12.8. The molecule has 3 aliphatic rings. The van der Waals surface area contributed by atoms with Crippen molar-refractivity contribution >= 4 is 23.4 Å². The highest BCUT2D eigenvalue weighted by molar-refractivity contribution is 6.09. The van der Waals surface area contributed by atoms with Gasteiger partial charge in [0.05, 0.1) is 47.4 Å². The smallest absolute Gasteiger partial charge is 0.328 e. The van der Waals surface area contributed by atoms with E-state index in [0.717, 1.165) is 28.3 Å². The van der Waals surface area contributed by atoms with Crippen LogP contribution < -0.4 is 4.90 Å². The van der Waals surface area contributed by atoms with Crippen LogP contribution in [0.5, 0.6) is 0 Å². The third-order valence-electron chi connectivity index (χ3n) is 7.90. The van der Waals surface area contributed by atoms with Gasteiger partial charge in [0.25, 0.3) is 5.91 Å². The van der Waals surface area contributed by atoms with Crippen molar-refractivity contribution in [1.82, 2.24) is 19.6 Å². The van der Waals surface area contributed by atoms with Crippen LogP contribution in [0.3, 0.4) is 0 Å². The van der Waals surface area contributed by atoms with Crippen molar-refractivity contribution in [3.63, 3.8) is 0 Å². The van der Waals surface area contributed by atoms with E-state index >= 15 is 0 Å². The summed E-state index contributed by atoms with van der Waals surface area (Å²) in [6.45, 7) is 0.615. The van der Waals surface area contributed by atoms with Crippen LogP contribution in [0, 0.1) is 11.3 Å². The second-order valence-electron chi connectivity index (χ2n) is 10.3. The lowest BCUT2D eigenvalue weighted by atomic mass is 9.88. The van der Waals surface area contributed by atoms with E-state index in [2.05, 4.69) is 5.10 Å². The molecule has 41 heavy (non-hydrogen) atoms. The van der Waals surface area contributed by atoms with Crippen LogP contribution in [0.4, 0.5) is 23.7 Å². The van der Waals surface area contributed by atoms with Gasteiger partial charge in [-0.3, -0.25) is 19.2 Å². The highest BCUT2D eigenvalue weighted by Crippen LogP contribution is 2.46. The Morgan fingerprint density at radius 1 is 1.07 bits per heavy atom. The largest absolute Gasteiger partial charge is 0.416 e. The number of carbonyl (C=O) groups is 3. The highest BCUT2D eigenvalue weighted by atomic mass is 19.4. The van der Waals surface area contributed by atoms with E-state index in [0.29, 0.717) is 24.4 Å². The Morgan fingerprint density at radius 2 is 1.85 bits per heavy atom. The molecule has 3 heterocycles. The van der Waals surface area contributed by atoms with Gasteiger partial charge < -0.3 is 9.80 Å². The van der Waals surface area contributed by atoms with Crippen molar-refractivity contribution in [2.75, 3.05) is 11.9 Å². The van der Waals surface area contributed by atoms with Gasteiger partial charge in [0.2, 0.25) is 0 Å². The molecule has 3 amide bonds. The SMILES string of the molecule is CN1C(=O)N(c2cccc(C(F)(F)F)c2)C2=C(C(=O)CC2)C1c1ccc(C#N)cc1C(=O)N1Cc2cnn(C)c2C1. The number of nitrogens with zero attached hydrogens (tertiary/aromatic N) is 6. The number of halogens is 3. The summed E-state index contributed by atoms with van der Waals surface area (Å²) < 4.78 is 42.1. The van der Waals surface area contributed by atoms with E-state index in [1.165, 1.54) is 36.2 Å². The average Bonchev–Trinajstić information content (AvgIpc) is 3.64. The molecule has 1 aliphatic carbocycles. The lowest BCUT2D eigenvalue weighted by Crippen LogP contribution is -2.48. The van der Waals surface area contributed by atoms with Crippen LogP contribution in [0.25, 0.3) is 0 Å². The molecule has 208 valence electrons. The number of aryl methyl sites for hydroxylation is 1. The van der Waals surface area contributed by atoms with Gasteiger partial charge in [-0.2, -0.15) is 23.5 Å². The first kappa shape index (κ1) is 26.3. The van der Waals surface area contributed by atoms with Crippen LogP contribution in [-0.4, -0.2) is 44.3 Å². The highest BCUT2D eigenvalue weighted by Gasteiger charge is 2.46. The third-order valence-corrected chi connectivity index (χ3v) is 7.90. The Kier molecular flexibility index (Phi) is 5.99. The molecule has 0 bridgehead atoms. The fraction of sp³-hybridized carbons (Fsp3) is 0.276. The molecule has 0 fully saturated rings. The number of fused-ring (bicyclic) bond motifs is 1. The lowest BCUT2D eigenvalue weighted by molar-refractivity contribution is -0.137. The van der Waals surface area contributed by atoms with Crippen molar-refractivity contribution in [1.29, 1.82) is 5.26 Å². The van der Waals surface area contributed by atoms with Gasteiger partial charge in [-0.1, -0.05) is 12.1 Å². The maximum Gasteiger partial charge on any atom is 0.416 e. The molecule has 12 heteroatoms. The van der Waals surface area contributed by atoms with E-state index in [-0.39, 0.29) is 46.9 Å². The van der Waals surface area contributed by atoms with E-state index in [1.54, 1.807) is 28.9 Å². The number of hydrogen-bond donors (Lipinski definition) is 0. The van der Waals surface area contributed by atoms with Gasteiger partial charge in [-0.05, 0) is 42.3 Å². The average molecular weight is 561 g/mol. The number of Topliss-reactive ketones (excluding diaryl/α,β-unsaturated/α-hetero) is 1. The first-order chi connectivity index (χ1) is 19.5. The number of benzene rings is 2. The summed E-state index contributed by atoms with van der Waals surface area (Å²) in [4.78, 5) is 45.0. The van der Waals surface area contributed by atoms with E-state index in [9.17, 15) is 32.8 Å². The zero-order chi connectivity index (χ0) is 29.2. The van der Waals surface area contributed by atoms with Gasteiger partial charge in [0.1, 0.15) is 0 Å². The van der Waals surface area contributed by atoms with E-state index in [4.69, 9.17) is 0 Å². The minimum Gasteiger partial charge on any atom is -0.328 e. The van der Waals surface area contributed by atoms with Crippen molar-refractivity contribution in [2.24, 2.45) is 7.05 Å². The molecule has 1 aromatic heterocycles. The summed E-state index contributed by atoms with van der Waals surface area (Å²) in [5.74, 6) is -0.634. The number of urea groups is 1. The Bertz CT molecular complexity index is 1720. The van der Waals surface area contributed by atoms with Crippen LogP contribution >= 0.6 is 0 Å². The molecular weight excluding hydrogens is 537 g/mol. The van der Waals surface area contributed by atoms with Gasteiger partial charge in [0.15, 0.2) is 5.78 Å². The van der Waals surface area contributed by atoms with Crippen molar-refractivity contribution in [3.05, 3.63) is 93.4 Å². The summed E-state index contributed by atoms with van der Waals surface area (Å²) in [7, 11) is 3.24. The molecule has 0 spiro atoms. The summed E-state index contributed by atoms with van der Waals surface area (Å²) in [5.41, 5.74) is 2.20. The minimum absolute atomic E-state index is 0.00288. The van der Waals surface area contributed by atoms with Crippen LogP contribution in [0.2, 0.25) is 0 Å². The molecule has 6 rings (SSSR count). The summed E-state index contributed by atoms with van der Waals surface area (Å²) in [6.07, 6.45) is -2.69. The monoisotopic (exact) mass is 560 g/mol. The predicted molar refractivity (Wildman–Crippen MR) is 139 cm³/mol. The molecule has 0 N–H and O–H groups in total. The van der Waals surface area contributed by atoms with Crippen molar-refractivity contribution < 1.29 is 27.6 Å². The van der Waals surface area contributed by atoms with Crippen molar-refractivity contribution in [2.45, 2.75) is 38.1 Å². The molecule has 0 saturated carbocycles. The van der Waals surface area contributed by atoms with Crippen LogP contribution in [0.15, 0.2) is 59.9 Å². The number of alkyl halides is 3. The number of likely N-dealkylation sites (N-methyl/N-ethyl adjacent to an activating group) is 1. The number of allylic oxidation sites excluding steroid dienone is 1. The number of amides is 3. The van der Waals surface area contributed by atoms with Gasteiger partial charge in [-0.15, -0.1) is 0 Å². The first-order valence-electron chi connectivity index (χ1n) is 12.8. The van der Waals surface area contributed by atoms with E-state index in [1.807, 2.05) is 6.07 Å².